The second kappa shape index (κ2) is 4.53. The molecule has 4 heteroatoms. The number of aromatic nitrogens is 1. The molecule has 0 saturated heterocycles. The van der Waals surface area contributed by atoms with E-state index in [1.165, 1.54) is 12.3 Å². The van der Waals surface area contributed by atoms with Crippen molar-refractivity contribution in [1.29, 1.82) is 0 Å². The van der Waals surface area contributed by atoms with Crippen LogP contribution < -0.4 is 5.73 Å². The first-order chi connectivity index (χ1) is 6.65. The topological polar surface area (TPSA) is 76.2 Å². The summed E-state index contributed by atoms with van der Waals surface area (Å²) in [5.74, 6) is -1.03. The van der Waals surface area contributed by atoms with Crippen molar-refractivity contribution >= 4 is 5.97 Å². The summed E-state index contributed by atoms with van der Waals surface area (Å²) in [6, 6.07) is 2.95. The van der Waals surface area contributed by atoms with Gasteiger partial charge >= 0.3 is 5.97 Å². The van der Waals surface area contributed by atoms with Crippen LogP contribution >= 0.6 is 0 Å². The molecule has 0 radical (unpaired) electrons. The highest BCUT2D eigenvalue weighted by molar-refractivity contribution is 5.85. The number of carbonyl (C=O) groups is 1. The van der Waals surface area contributed by atoms with Crippen LogP contribution in [-0.4, -0.2) is 16.1 Å². The van der Waals surface area contributed by atoms with Crippen molar-refractivity contribution in [3.63, 3.8) is 0 Å². The number of hydrogen-bond acceptors (Lipinski definition) is 3. The van der Waals surface area contributed by atoms with Gasteiger partial charge in [0.05, 0.1) is 0 Å². The number of carboxylic acids is 1. The van der Waals surface area contributed by atoms with E-state index >= 15 is 0 Å². The predicted molar refractivity (Wildman–Crippen MR) is 52.9 cm³/mol. The largest absolute Gasteiger partial charge is 0.477 e. The maximum absolute atomic E-state index is 10.5. The predicted octanol–water partition coefficient (Wildman–Crippen LogP) is 1.36. The van der Waals surface area contributed by atoms with Crippen LogP contribution in [0.15, 0.2) is 31.0 Å². The maximum Gasteiger partial charge on any atom is 0.354 e. The molecule has 1 atom stereocenters. The Balaban J connectivity index is 2.82. The Morgan fingerprint density at radius 1 is 1.71 bits per heavy atom. The normalized spacial score (nSPS) is 12.1. The molecule has 1 heterocycles. The Hall–Kier alpha value is -1.68. The Labute approximate surface area is 82.1 Å². The first kappa shape index (κ1) is 10.4. The Morgan fingerprint density at radius 3 is 2.86 bits per heavy atom. The van der Waals surface area contributed by atoms with Crippen LogP contribution in [0.5, 0.6) is 0 Å². The van der Waals surface area contributed by atoms with E-state index in [9.17, 15) is 4.79 Å². The Kier molecular flexibility index (Phi) is 3.36. The van der Waals surface area contributed by atoms with E-state index in [-0.39, 0.29) is 11.7 Å². The smallest absolute Gasteiger partial charge is 0.354 e. The summed E-state index contributed by atoms with van der Waals surface area (Å²) < 4.78 is 0. The van der Waals surface area contributed by atoms with E-state index in [1.807, 2.05) is 0 Å². The van der Waals surface area contributed by atoms with Crippen LogP contribution in [0.2, 0.25) is 0 Å². The third kappa shape index (κ3) is 2.40. The molecule has 1 aromatic rings. The van der Waals surface area contributed by atoms with E-state index in [1.54, 1.807) is 12.1 Å². The minimum Gasteiger partial charge on any atom is -0.477 e. The quantitative estimate of drug-likeness (QED) is 0.706. The van der Waals surface area contributed by atoms with Crippen molar-refractivity contribution in [2.24, 2.45) is 5.73 Å². The van der Waals surface area contributed by atoms with E-state index in [4.69, 9.17) is 10.8 Å². The average Bonchev–Trinajstić information content (AvgIpc) is 2.18. The number of nitrogens with zero attached hydrogens (tertiary/aromatic N) is 1. The van der Waals surface area contributed by atoms with Gasteiger partial charge in [0.15, 0.2) is 0 Å². The molecule has 0 aromatic carbocycles. The molecule has 0 spiro atoms. The van der Waals surface area contributed by atoms with E-state index in [2.05, 4.69) is 11.6 Å². The highest BCUT2D eigenvalue weighted by Crippen LogP contribution is 2.13. The van der Waals surface area contributed by atoms with Gasteiger partial charge in [-0.1, -0.05) is 12.1 Å². The third-order valence-corrected chi connectivity index (χ3v) is 1.85. The van der Waals surface area contributed by atoms with Crippen LogP contribution in [0.4, 0.5) is 0 Å². The molecular formula is C10H12N2O2. The number of pyridine rings is 1. The number of aromatic carboxylic acids is 1. The monoisotopic (exact) mass is 192 g/mol. The Bertz CT molecular complexity index is 332. The molecule has 0 bridgehead atoms. The molecule has 0 aliphatic rings. The minimum atomic E-state index is -1.03. The average molecular weight is 192 g/mol. The second-order valence-electron chi connectivity index (χ2n) is 2.91. The SMILES string of the molecule is C=CCC(N)c1ccc(C(=O)O)nc1. The van der Waals surface area contributed by atoms with Gasteiger partial charge in [0.1, 0.15) is 5.69 Å². The van der Waals surface area contributed by atoms with Gasteiger partial charge in [-0.25, -0.2) is 9.78 Å². The molecule has 14 heavy (non-hydrogen) atoms. The van der Waals surface area contributed by atoms with Crippen LogP contribution in [0, 0.1) is 0 Å². The maximum atomic E-state index is 10.5. The van der Waals surface area contributed by atoms with Crippen LogP contribution in [0.1, 0.15) is 28.5 Å². The lowest BCUT2D eigenvalue weighted by molar-refractivity contribution is 0.0690. The van der Waals surface area contributed by atoms with Gasteiger partial charge in [0, 0.05) is 12.2 Å². The molecule has 1 rings (SSSR count). The van der Waals surface area contributed by atoms with Crippen molar-refractivity contribution in [1.82, 2.24) is 4.98 Å². The van der Waals surface area contributed by atoms with E-state index in [0.29, 0.717) is 6.42 Å². The van der Waals surface area contributed by atoms with Gasteiger partial charge in [-0.3, -0.25) is 0 Å². The van der Waals surface area contributed by atoms with Gasteiger partial charge in [0.25, 0.3) is 0 Å². The molecule has 0 saturated carbocycles. The van der Waals surface area contributed by atoms with Crippen LogP contribution in [0.25, 0.3) is 0 Å². The van der Waals surface area contributed by atoms with Gasteiger partial charge < -0.3 is 10.8 Å². The number of nitrogens with two attached hydrogens (primary N) is 1. The molecule has 0 aliphatic carbocycles. The molecule has 1 aromatic heterocycles. The van der Waals surface area contributed by atoms with Gasteiger partial charge in [-0.15, -0.1) is 6.58 Å². The van der Waals surface area contributed by atoms with Crippen molar-refractivity contribution in [3.05, 3.63) is 42.2 Å². The van der Waals surface area contributed by atoms with E-state index < -0.39 is 5.97 Å². The second-order valence-corrected chi connectivity index (χ2v) is 2.91. The molecular weight excluding hydrogens is 180 g/mol. The summed E-state index contributed by atoms with van der Waals surface area (Å²) in [7, 11) is 0. The summed E-state index contributed by atoms with van der Waals surface area (Å²) in [4.78, 5) is 14.3. The van der Waals surface area contributed by atoms with E-state index in [0.717, 1.165) is 5.56 Å². The first-order valence-corrected chi connectivity index (χ1v) is 4.21. The van der Waals surface area contributed by atoms with Crippen molar-refractivity contribution in [2.45, 2.75) is 12.5 Å². The highest BCUT2D eigenvalue weighted by atomic mass is 16.4. The zero-order valence-electron chi connectivity index (χ0n) is 7.68. The molecule has 3 N–H and O–H groups in total. The summed E-state index contributed by atoms with van der Waals surface area (Å²) in [6.45, 7) is 3.58. The van der Waals surface area contributed by atoms with Crippen molar-refractivity contribution in [3.8, 4) is 0 Å². The fourth-order valence-corrected chi connectivity index (χ4v) is 1.07. The number of carboxylic acid groups (broad SMARTS) is 1. The summed E-state index contributed by atoms with van der Waals surface area (Å²) >= 11 is 0. The summed E-state index contributed by atoms with van der Waals surface area (Å²) in [6.07, 6.45) is 3.85. The molecule has 1 unspecified atom stereocenters. The zero-order chi connectivity index (χ0) is 10.6. The first-order valence-electron chi connectivity index (χ1n) is 4.21. The third-order valence-electron chi connectivity index (χ3n) is 1.85. The zero-order valence-corrected chi connectivity index (χ0v) is 7.68. The molecule has 0 fully saturated rings. The number of rotatable bonds is 4. The molecule has 74 valence electrons. The summed E-state index contributed by atoms with van der Waals surface area (Å²) in [5.41, 5.74) is 6.62. The molecule has 0 amide bonds. The lowest BCUT2D eigenvalue weighted by atomic mass is 10.1. The van der Waals surface area contributed by atoms with Gasteiger partial charge in [-0.2, -0.15) is 0 Å². The molecule has 4 nitrogen and oxygen atoms in total. The fourth-order valence-electron chi connectivity index (χ4n) is 1.07. The Morgan fingerprint density at radius 2 is 2.43 bits per heavy atom. The van der Waals surface area contributed by atoms with Crippen LogP contribution in [0.3, 0.4) is 0 Å². The lowest BCUT2D eigenvalue weighted by Crippen LogP contribution is -2.10. The molecule has 0 aliphatic heterocycles. The minimum absolute atomic E-state index is 0.0274. The highest BCUT2D eigenvalue weighted by Gasteiger charge is 2.07. The number of hydrogen-bond donors (Lipinski definition) is 2. The van der Waals surface area contributed by atoms with Gasteiger partial charge in [0.2, 0.25) is 0 Å². The lowest BCUT2D eigenvalue weighted by Gasteiger charge is -2.08. The van der Waals surface area contributed by atoms with Crippen LogP contribution in [-0.2, 0) is 0 Å². The van der Waals surface area contributed by atoms with Gasteiger partial charge in [-0.05, 0) is 18.1 Å². The summed E-state index contributed by atoms with van der Waals surface area (Å²) in [5, 5.41) is 8.61. The standard InChI is InChI=1S/C10H12N2O2/c1-2-3-8(11)7-4-5-9(10(13)14)12-6-7/h2,4-6,8H,1,3,11H2,(H,13,14). The van der Waals surface area contributed by atoms with Crippen molar-refractivity contribution < 1.29 is 9.90 Å². The van der Waals surface area contributed by atoms with Crippen molar-refractivity contribution in [2.75, 3.05) is 0 Å². The fraction of sp³-hybridized carbons (Fsp3) is 0.200.